The van der Waals surface area contributed by atoms with Crippen LogP contribution in [0.4, 0.5) is 0 Å². The van der Waals surface area contributed by atoms with Crippen LogP contribution in [0.25, 0.3) is 0 Å². The Morgan fingerprint density at radius 1 is 1.29 bits per heavy atom. The molecule has 0 fully saturated rings. The van der Waals surface area contributed by atoms with Gasteiger partial charge in [-0.05, 0) is 37.1 Å². The molecule has 3 N–H and O–H groups in total. The number of benzene rings is 1. The predicted octanol–water partition coefficient (Wildman–Crippen LogP) is 1.95. The maximum absolute atomic E-state index is 11.9. The van der Waals surface area contributed by atoms with Gasteiger partial charge in [-0.25, -0.2) is 0 Å². The lowest BCUT2D eigenvalue weighted by molar-refractivity contribution is -0.123. The Morgan fingerprint density at radius 2 is 1.86 bits per heavy atom. The molecule has 1 unspecified atom stereocenters. The van der Waals surface area contributed by atoms with Crippen molar-refractivity contribution in [3.63, 3.8) is 0 Å². The highest BCUT2D eigenvalue weighted by Crippen LogP contribution is 2.17. The number of hydrogen-bond donors (Lipinski definition) is 2. The number of nitrogens with two attached hydrogens (primary N) is 1. The second-order valence-corrected chi connectivity index (χ2v) is 5.60. The number of nitrogens with one attached hydrogen (secondary N) is 1. The first-order chi connectivity index (χ1) is 9.91. The Balaban J connectivity index is 2.39. The lowest BCUT2D eigenvalue weighted by atomic mass is 9.88. The van der Waals surface area contributed by atoms with E-state index in [9.17, 15) is 4.79 Å². The van der Waals surface area contributed by atoms with Gasteiger partial charge in [0.25, 0.3) is 0 Å². The van der Waals surface area contributed by atoms with Gasteiger partial charge >= 0.3 is 0 Å². The minimum Gasteiger partial charge on any atom is -0.497 e. The highest BCUT2D eigenvalue weighted by atomic mass is 16.5. The summed E-state index contributed by atoms with van der Waals surface area (Å²) in [5.74, 6) is 1.71. The molecule has 0 spiro atoms. The molecule has 0 aliphatic rings. The summed E-state index contributed by atoms with van der Waals surface area (Å²) < 4.78 is 10.6. The number of hydrogen-bond acceptors (Lipinski definition) is 4. The van der Waals surface area contributed by atoms with Crippen LogP contribution < -0.4 is 20.5 Å². The minimum atomic E-state index is -0.378. The molecule has 0 saturated heterocycles. The van der Waals surface area contributed by atoms with Gasteiger partial charge in [0.15, 0.2) is 0 Å². The van der Waals surface area contributed by atoms with Gasteiger partial charge in [-0.2, -0.15) is 0 Å². The van der Waals surface area contributed by atoms with Crippen LogP contribution >= 0.6 is 0 Å². The molecular formula is C16H26N2O3. The number of rotatable bonds is 8. The van der Waals surface area contributed by atoms with Crippen LogP contribution in [0, 0.1) is 5.92 Å². The van der Waals surface area contributed by atoms with Crippen molar-refractivity contribution < 1.29 is 14.3 Å². The molecule has 0 aliphatic carbocycles. The fourth-order valence-corrected chi connectivity index (χ4v) is 1.75. The van der Waals surface area contributed by atoms with Gasteiger partial charge in [0.1, 0.15) is 11.5 Å². The van der Waals surface area contributed by atoms with Crippen molar-refractivity contribution >= 4 is 5.91 Å². The van der Waals surface area contributed by atoms with Crippen LogP contribution in [0.3, 0.4) is 0 Å². The lowest BCUT2D eigenvalue weighted by Crippen LogP contribution is -2.55. The van der Waals surface area contributed by atoms with E-state index in [1.807, 2.05) is 45.0 Å². The highest BCUT2D eigenvalue weighted by Gasteiger charge is 2.28. The Hall–Kier alpha value is -1.75. The van der Waals surface area contributed by atoms with Crippen LogP contribution in [0.2, 0.25) is 0 Å². The summed E-state index contributed by atoms with van der Waals surface area (Å²) in [5, 5.41) is 2.98. The molecule has 0 radical (unpaired) electrons. The number of carbonyl (C=O) groups excluding carboxylic acids is 1. The van der Waals surface area contributed by atoms with E-state index in [0.29, 0.717) is 25.3 Å². The van der Waals surface area contributed by atoms with Crippen LogP contribution in [-0.2, 0) is 4.79 Å². The zero-order valence-electron chi connectivity index (χ0n) is 13.3. The van der Waals surface area contributed by atoms with Gasteiger partial charge in [0.05, 0.1) is 25.7 Å². The molecule has 1 amide bonds. The van der Waals surface area contributed by atoms with Crippen LogP contribution in [0.15, 0.2) is 24.3 Å². The van der Waals surface area contributed by atoms with E-state index in [4.69, 9.17) is 15.2 Å². The third kappa shape index (κ3) is 5.27. The molecule has 1 aromatic rings. The third-order valence-electron chi connectivity index (χ3n) is 3.78. The van der Waals surface area contributed by atoms with E-state index in [1.165, 1.54) is 0 Å². The Bertz CT molecular complexity index is 445. The van der Waals surface area contributed by atoms with Crippen molar-refractivity contribution in [2.24, 2.45) is 11.7 Å². The predicted molar refractivity (Wildman–Crippen MR) is 83.5 cm³/mol. The molecule has 118 valence electrons. The summed E-state index contributed by atoms with van der Waals surface area (Å²) in [6, 6.07) is 7.27. The molecule has 0 saturated carbocycles. The van der Waals surface area contributed by atoms with Crippen LogP contribution in [0.5, 0.6) is 11.5 Å². The van der Waals surface area contributed by atoms with Gasteiger partial charge in [-0.1, -0.05) is 13.8 Å². The van der Waals surface area contributed by atoms with Crippen molar-refractivity contribution in [3.05, 3.63) is 24.3 Å². The van der Waals surface area contributed by atoms with Crippen molar-refractivity contribution in [3.8, 4) is 11.5 Å². The van der Waals surface area contributed by atoms with E-state index in [-0.39, 0.29) is 17.4 Å². The van der Waals surface area contributed by atoms with Gasteiger partial charge < -0.3 is 20.5 Å². The van der Waals surface area contributed by atoms with Crippen molar-refractivity contribution in [2.75, 3.05) is 20.3 Å². The summed E-state index contributed by atoms with van der Waals surface area (Å²) in [7, 11) is 1.61. The number of amides is 1. The molecule has 21 heavy (non-hydrogen) atoms. The second kappa shape index (κ2) is 7.88. The third-order valence-corrected chi connectivity index (χ3v) is 3.78. The Morgan fingerprint density at radius 3 is 2.33 bits per heavy atom. The summed E-state index contributed by atoms with van der Waals surface area (Å²) in [4.78, 5) is 11.9. The van der Waals surface area contributed by atoms with Gasteiger partial charge in [-0.15, -0.1) is 0 Å². The first-order valence-electron chi connectivity index (χ1n) is 7.19. The summed E-state index contributed by atoms with van der Waals surface area (Å²) in [5.41, 5.74) is 5.37. The van der Waals surface area contributed by atoms with Gasteiger partial charge in [-0.3, -0.25) is 4.79 Å². The maximum Gasteiger partial charge on any atom is 0.223 e. The average molecular weight is 294 g/mol. The molecule has 5 heteroatoms. The quantitative estimate of drug-likeness (QED) is 0.768. The van der Waals surface area contributed by atoms with Crippen molar-refractivity contribution in [1.82, 2.24) is 5.32 Å². The van der Waals surface area contributed by atoms with E-state index in [0.717, 1.165) is 5.75 Å². The first kappa shape index (κ1) is 17.3. The summed E-state index contributed by atoms with van der Waals surface area (Å²) in [6.45, 7) is 6.79. The van der Waals surface area contributed by atoms with Crippen molar-refractivity contribution in [2.45, 2.75) is 32.7 Å². The van der Waals surface area contributed by atoms with E-state index in [1.54, 1.807) is 7.11 Å². The molecule has 5 nitrogen and oxygen atoms in total. The Kier molecular flexibility index (Phi) is 6.49. The van der Waals surface area contributed by atoms with E-state index >= 15 is 0 Å². The van der Waals surface area contributed by atoms with E-state index in [2.05, 4.69) is 5.32 Å². The topological polar surface area (TPSA) is 73.6 Å². The smallest absolute Gasteiger partial charge is 0.223 e. The zero-order chi connectivity index (χ0) is 15.9. The highest BCUT2D eigenvalue weighted by molar-refractivity contribution is 5.77. The maximum atomic E-state index is 11.9. The normalized spacial score (nSPS) is 13.6. The number of carbonyl (C=O) groups is 1. The fraction of sp³-hybridized carbons (Fsp3) is 0.562. The number of methoxy groups -OCH3 is 1. The Labute approximate surface area is 126 Å². The van der Waals surface area contributed by atoms with Crippen molar-refractivity contribution in [1.29, 1.82) is 0 Å². The van der Waals surface area contributed by atoms with E-state index < -0.39 is 0 Å². The monoisotopic (exact) mass is 294 g/mol. The lowest BCUT2D eigenvalue weighted by Gasteiger charge is -2.33. The molecular weight excluding hydrogens is 268 g/mol. The SMILES string of the molecule is COc1ccc(OCCC(=O)NC(C)(CN)C(C)C)cc1. The largest absolute Gasteiger partial charge is 0.497 e. The molecule has 1 aromatic carbocycles. The molecule has 0 heterocycles. The zero-order valence-corrected chi connectivity index (χ0v) is 13.3. The average Bonchev–Trinajstić information content (AvgIpc) is 2.47. The molecule has 1 atom stereocenters. The van der Waals surface area contributed by atoms with Gasteiger partial charge in [0.2, 0.25) is 5.91 Å². The summed E-state index contributed by atoms with van der Waals surface area (Å²) in [6.07, 6.45) is 0.300. The minimum absolute atomic E-state index is 0.0508. The molecule has 0 aliphatic heterocycles. The molecule has 0 bridgehead atoms. The molecule has 0 aromatic heterocycles. The molecule has 1 rings (SSSR count). The standard InChI is InChI=1S/C16H26N2O3/c1-12(2)16(3,11-17)18-15(19)9-10-21-14-7-5-13(20-4)6-8-14/h5-8,12H,9-11,17H2,1-4H3,(H,18,19). The van der Waals surface area contributed by atoms with Gasteiger partial charge in [0, 0.05) is 6.54 Å². The van der Waals surface area contributed by atoms with Crippen LogP contribution in [-0.4, -0.2) is 31.7 Å². The first-order valence-corrected chi connectivity index (χ1v) is 7.19. The van der Waals surface area contributed by atoms with Crippen LogP contribution in [0.1, 0.15) is 27.2 Å². The second-order valence-electron chi connectivity index (χ2n) is 5.60. The summed E-state index contributed by atoms with van der Waals surface area (Å²) >= 11 is 0. The number of ether oxygens (including phenoxy) is 2. The fourth-order valence-electron chi connectivity index (χ4n) is 1.75.